The van der Waals surface area contributed by atoms with Gasteiger partial charge in [-0.1, -0.05) is 23.9 Å². The highest BCUT2D eigenvalue weighted by Gasteiger charge is 2.14. The standard InChI is InChI=1S/C16H17BrFNS/c1-10-8-16(12(9-14(10)18)11(2)19-3)20-15-7-5-4-6-13(15)17/h4-9,11,19H,1-3H3. The van der Waals surface area contributed by atoms with E-state index >= 15 is 0 Å². The molecule has 0 saturated carbocycles. The summed E-state index contributed by atoms with van der Waals surface area (Å²) in [7, 11) is 1.88. The van der Waals surface area contributed by atoms with Crippen LogP contribution in [0.25, 0.3) is 0 Å². The molecule has 0 bridgehead atoms. The number of halogens is 2. The van der Waals surface area contributed by atoms with Gasteiger partial charge in [0.1, 0.15) is 5.82 Å². The van der Waals surface area contributed by atoms with Gasteiger partial charge in [0, 0.05) is 20.3 Å². The Morgan fingerprint density at radius 1 is 1.20 bits per heavy atom. The molecule has 106 valence electrons. The lowest BCUT2D eigenvalue weighted by atomic mass is 10.1. The van der Waals surface area contributed by atoms with Crippen LogP contribution in [-0.2, 0) is 0 Å². The smallest absolute Gasteiger partial charge is 0.126 e. The Bertz CT molecular complexity index is 615. The van der Waals surface area contributed by atoms with Gasteiger partial charge in [0.2, 0.25) is 0 Å². The van der Waals surface area contributed by atoms with Crippen molar-refractivity contribution in [2.24, 2.45) is 0 Å². The lowest BCUT2D eigenvalue weighted by molar-refractivity contribution is 0.594. The molecule has 0 heterocycles. The maximum absolute atomic E-state index is 13.8. The van der Waals surface area contributed by atoms with Crippen molar-refractivity contribution in [2.45, 2.75) is 29.7 Å². The van der Waals surface area contributed by atoms with Crippen LogP contribution in [0.3, 0.4) is 0 Å². The summed E-state index contributed by atoms with van der Waals surface area (Å²) in [4.78, 5) is 2.21. The molecule has 0 saturated heterocycles. The Morgan fingerprint density at radius 2 is 1.90 bits per heavy atom. The van der Waals surface area contributed by atoms with Crippen LogP contribution < -0.4 is 5.32 Å². The fraction of sp³-hybridized carbons (Fsp3) is 0.250. The van der Waals surface area contributed by atoms with E-state index < -0.39 is 0 Å². The normalized spacial score (nSPS) is 12.4. The van der Waals surface area contributed by atoms with Gasteiger partial charge in [-0.3, -0.25) is 0 Å². The molecule has 0 aliphatic carbocycles. The number of nitrogens with one attached hydrogen (secondary N) is 1. The predicted octanol–water partition coefficient (Wildman–Crippen LogP) is 5.33. The molecule has 0 fully saturated rings. The minimum absolute atomic E-state index is 0.107. The Hall–Kier alpha value is -0.840. The zero-order valence-corrected chi connectivity index (χ0v) is 14.1. The van der Waals surface area contributed by atoms with E-state index in [0.717, 1.165) is 19.8 Å². The first-order valence-electron chi connectivity index (χ1n) is 6.42. The average Bonchev–Trinajstić information content (AvgIpc) is 2.44. The Labute approximate surface area is 132 Å². The summed E-state index contributed by atoms with van der Waals surface area (Å²) in [5, 5.41) is 3.18. The molecule has 4 heteroatoms. The second kappa shape index (κ2) is 6.74. The number of rotatable bonds is 4. The highest BCUT2D eigenvalue weighted by molar-refractivity contribution is 9.10. The van der Waals surface area contributed by atoms with Gasteiger partial charge in [-0.2, -0.15) is 0 Å². The van der Waals surface area contributed by atoms with Crippen LogP contribution in [0.2, 0.25) is 0 Å². The highest BCUT2D eigenvalue weighted by atomic mass is 79.9. The number of hydrogen-bond donors (Lipinski definition) is 1. The third kappa shape index (κ3) is 3.43. The van der Waals surface area contributed by atoms with E-state index in [1.165, 1.54) is 0 Å². The molecule has 0 aliphatic heterocycles. The molecule has 2 aromatic rings. The zero-order valence-electron chi connectivity index (χ0n) is 11.7. The average molecular weight is 354 g/mol. The van der Waals surface area contributed by atoms with Crippen LogP contribution in [0.5, 0.6) is 0 Å². The van der Waals surface area contributed by atoms with E-state index in [1.54, 1.807) is 24.8 Å². The second-order valence-electron chi connectivity index (χ2n) is 4.68. The van der Waals surface area contributed by atoms with Crippen molar-refractivity contribution in [3.63, 3.8) is 0 Å². The molecule has 20 heavy (non-hydrogen) atoms. The van der Waals surface area contributed by atoms with Gasteiger partial charge in [0.15, 0.2) is 0 Å². The van der Waals surface area contributed by atoms with Gasteiger partial charge in [0.05, 0.1) is 0 Å². The molecule has 1 N–H and O–H groups in total. The van der Waals surface area contributed by atoms with E-state index in [9.17, 15) is 4.39 Å². The minimum atomic E-state index is -0.154. The molecule has 1 atom stereocenters. The zero-order chi connectivity index (χ0) is 14.7. The summed E-state index contributed by atoms with van der Waals surface area (Å²) < 4.78 is 14.9. The molecule has 1 unspecified atom stereocenters. The van der Waals surface area contributed by atoms with Gasteiger partial charge < -0.3 is 5.32 Å². The third-order valence-electron chi connectivity index (χ3n) is 3.25. The van der Waals surface area contributed by atoms with Crippen LogP contribution in [0.15, 0.2) is 50.7 Å². The van der Waals surface area contributed by atoms with Crippen LogP contribution in [0.4, 0.5) is 4.39 Å². The molecule has 0 aromatic heterocycles. The lowest BCUT2D eigenvalue weighted by Gasteiger charge is -2.17. The maximum Gasteiger partial charge on any atom is 0.126 e. The summed E-state index contributed by atoms with van der Waals surface area (Å²) >= 11 is 5.21. The molecule has 0 radical (unpaired) electrons. The molecule has 2 rings (SSSR count). The number of hydrogen-bond acceptors (Lipinski definition) is 2. The summed E-state index contributed by atoms with van der Waals surface area (Å²) in [6.45, 7) is 3.83. The Balaban J connectivity index is 2.45. The van der Waals surface area contributed by atoms with Crippen molar-refractivity contribution in [1.82, 2.24) is 5.32 Å². The molecule has 1 nitrogen and oxygen atoms in total. The van der Waals surface area contributed by atoms with Crippen molar-refractivity contribution in [1.29, 1.82) is 0 Å². The van der Waals surface area contributed by atoms with E-state index in [2.05, 4.69) is 27.3 Å². The number of benzene rings is 2. The monoisotopic (exact) mass is 353 g/mol. The topological polar surface area (TPSA) is 12.0 Å². The van der Waals surface area contributed by atoms with Crippen molar-refractivity contribution in [3.05, 3.63) is 57.8 Å². The van der Waals surface area contributed by atoms with Crippen LogP contribution in [0.1, 0.15) is 24.1 Å². The maximum atomic E-state index is 13.8. The highest BCUT2D eigenvalue weighted by Crippen LogP contribution is 2.38. The first-order valence-corrected chi connectivity index (χ1v) is 8.03. The van der Waals surface area contributed by atoms with E-state index in [0.29, 0.717) is 5.56 Å². The SMILES string of the molecule is CNC(C)c1cc(F)c(C)cc1Sc1ccccc1Br. The molecule has 2 aromatic carbocycles. The largest absolute Gasteiger partial charge is 0.313 e. The molecule has 0 aliphatic rings. The second-order valence-corrected chi connectivity index (χ2v) is 6.62. The van der Waals surface area contributed by atoms with Gasteiger partial charge in [0.25, 0.3) is 0 Å². The lowest BCUT2D eigenvalue weighted by Crippen LogP contribution is -2.13. The molecular weight excluding hydrogens is 337 g/mol. The van der Waals surface area contributed by atoms with Crippen molar-refractivity contribution in [2.75, 3.05) is 7.05 Å². The van der Waals surface area contributed by atoms with Gasteiger partial charge in [-0.15, -0.1) is 0 Å². The first kappa shape index (κ1) is 15.5. The summed E-state index contributed by atoms with van der Waals surface area (Å²) in [6.07, 6.45) is 0. The van der Waals surface area contributed by atoms with Crippen molar-refractivity contribution in [3.8, 4) is 0 Å². The molecular formula is C16H17BrFNS. The van der Waals surface area contributed by atoms with Crippen LogP contribution in [0, 0.1) is 12.7 Å². The minimum Gasteiger partial charge on any atom is -0.313 e. The fourth-order valence-electron chi connectivity index (χ4n) is 1.90. The van der Waals surface area contributed by atoms with Gasteiger partial charge in [-0.05, 0) is 72.2 Å². The van der Waals surface area contributed by atoms with Gasteiger partial charge >= 0.3 is 0 Å². The summed E-state index contributed by atoms with van der Waals surface area (Å²) in [5.41, 5.74) is 1.66. The quantitative estimate of drug-likeness (QED) is 0.797. The summed E-state index contributed by atoms with van der Waals surface area (Å²) in [6, 6.07) is 11.7. The Morgan fingerprint density at radius 3 is 2.55 bits per heavy atom. The van der Waals surface area contributed by atoms with E-state index in [4.69, 9.17) is 0 Å². The summed E-state index contributed by atoms with van der Waals surface area (Å²) in [5.74, 6) is -0.154. The van der Waals surface area contributed by atoms with Crippen LogP contribution >= 0.6 is 27.7 Å². The molecule has 0 spiro atoms. The van der Waals surface area contributed by atoms with Crippen molar-refractivity contribution < 1.29 is 4.39 Å². The predicted molar refractivity (Wildman–Crippen MR) is 86.9 cm³/mol. The van der Waals surface area contributed by atoms with E-state index in [1.807, 2.05) is 38.2 Å². The van der Waals surface area contributed by atoms with E-state index in [-0.39, 0.29) is 11.9 Å². The van der Waals surface area contributed by atoms with Crippen molar-refractivity contribution >= 4 is 27.7 Å². The first-order chi connectivity index (χ1) is 9.52. The van der Waals surface area contributed by atoms with Crippen LogP contribution in [-0.4, -0.2) is 7.05 Å². The Kier molecular flexibility index (Phi) is 5.24. The molecule has 0 amide bonds. The third-order valence-corrected chi connectivity index (χ3v) is 5.35. The fourth-order valence-corrected chi connectivity index (χ4v) is 3.56. The van der Waals surface area contributed by atoms with Gasteiger partial charge in [-0.25, -0.2) is 4.39 Å². The number of aryl methyl sites for hydroxylation is 1.